The number of benzene rings is 2. The molecule has 1 aromatic heterocycles. The predicted molar refractivity (Wildman–Crippen MR) is 106 cm³/mol. The summed E-state index contributed by atoms with van der Waals surface area (Å²) in [5, 5.41) is 10.4. The van der Waals surface area contributed by atoms with Crippen LogP contribution in [0.3, 0.4) is 0 Å². The molecule has 0 atom stereocenters. The molecule has 0 spiro atoms. The lowest BCUT2D eigenvalue weighted by atomic mass is 10.1. The van der Waals surface area contributed by atoms with E-state index in [4.69, 9.17) is 4.74 Å². The number of alkyl halides is 3. The monoisotopic (exact) mass is 435 g/mol. The molecule has 0 saturated carbocycles. The van der Waals surface area contributed by atoms with Crippen molar-refractivity contribution in [2.24, 2.45) is 0 Å². The number of hydrogen-bond acceptors (Lipinski definition) is 5. The first-order valence-electron chi connectivity index (χ1n) is 9.39. The molecular weight excluding hydrogens is 415 g/mol. The van der Waals surface area contributed by atoms with Crippen LogP contribution in [0, 0.1) is 6.92 Å². The van der Waals surface area contributed by atoms with Crippen LogP contribution in [0.5, 0.6) is 11.5 Å². The van der Waals surface area contributed by atoms with E-state index in [0.29, 0.717) is 22.2 Å². The van der Waals surface area contributed by atoms with Crippen LogP contribution in [0.25, 0.3) is 10.9 Å². The topological polar surface area (TPSA) is 77.8 Å². The molecule has 164 valence electrons. The van der Waals surface area contributed by atoms with Crippen LogP contribution in [0.1, 0.15) is 35.5 Å². The molecule has 0 fully saturated rings. The molecule has 0 radical (unpaired) electrons. The standard InChI is InChI=1S/C22H20F3NO5/c1-12(2)30-20(28)11-17-13(3)26(19-9-6-15(27)10-18(17)19)21(29)14-4-7-16(8-5-14)31-22(23,24)25/h4-10,12,27H,11H2,1-3H3. The van der Waals surface area contributed by atoms with Gasteiger partial charge in [0.05, 0.1) is 18.0 Å². The number of phenolic OH excluding ortho intramolecular Hbond substituents is 1. The number of rotatable bonds is 5. The summed E-state index contributed by atoms with van der Waals surface area (Å²) < 4.78 is 47.5. The van der Waals surface area contributed by atoms with Crippen LogP contribution in [0.2, 0.25) is 0 Å². The average Bonchev–Trinajstić information content (AvgIpc) is 2.91. The summed E-state index contributed by atoms with van der Waals surface area (Å²) in [6, 6.07) is 8.94. The fraction of sp³-hybridized carbons (Fsp3) is 0.273. The van der Waals surface area contributed by atoms with E-state index < -0.39 is 24.0 Å². The third-order valence-electron chi connectivity index (χ3n) is 4.54. The van der Waals surface area contributed by atoms with Crippen LogP contribution in [0.15, 0.2) is 42.5 Å². The predicted octanol–water partition coefficient (Wildman–Crippen LogP) is 4.74. The third kappa shape index (κ3) is 4.99. The minimum atomic E-state index is -4.83. The van der Waals surface area contributed by atoms with Gasteiger partial charge in [-0.2, -0.15) is 0 Å². The first-order chi connectivity index (χ1) is 14.5. The van der Waals surface area contributed by atoms with Gasteiger partial charge < -0.3 is 14.6 Å². The van der Waals surface area contributed by atoms with Crippen molar-refractivity contribution in [1.82, 2.24) is 4.57 Å². The van der Waals surface area contributed by atoms with E-state index in [2.05, 4.69) is 4.74 Å². The Morgan fingerprint density at radius 1 is 1.10 bits per heavy atom. The molecule has 3 aromatic rings. The molecule has 0 unspecified atom stereocenters. The van der Waals surface area contributed by atoms with Crippen molar-refractivity contribution in [2.45, 2.75) is 39.7 Å². The van der Waals surface area contributed by atoms with Crippen molar-refractivity contribution >= 4 is 22.8 Å². The molecule has 0 aliphatic carbocycles. The highest BCUT2D eigenvalue weighted by Crippen LogP contribution is 2.31. The van der Waals surface area contributed by atoms with Gasteiger partial charge in [0, 0.05) is 16.6 Å². The zero-order valence-corrected chi connectivity index (χ0v) is 17.0. The number of fused-ring (bicyclic) bond motifs is 1. The van der Waals surface area contributed by atoms with Crippen molar-refractivity contribution in [2.75, 3.05) is 0 Å². The molecule has 0 amide bonds. The Kier molecular flexibility index (Phi) is 5.97. The summed E-state index contributed by atoms with van der Waals surface area (Å²) in [7, 11) is 0. The molecule has 2 aromatic carbocycles. The second-order valence-electron chi connectivity index (χ2n) is 7.19. The lowest BCUT2D eigenvalue weighted by Crippen LogP contribution is -2.18. The van der Waals surface area contributed by atoms with Crippen molar-refractivity contribution in [3.63, 3.8) is 0 Å². The number of aromatic nitrogens is 1. The van der Waals surface area contributed by atoms with Crippen molar-refractivity contribution in [3.05, 3.63) is 59.3 Å². The van der Waals surface area contributed by atoms with E-state index >= 15 is 0 Å². The van der Waals surface area contributed by atoms with Crippen molar-refractivity contribution in [3.8, 4) is 11.5 Å². The SMILES string of the molecule is Cc1c(CC(=O)OC(C)C)c2cc(O)ccc2n1C(=O)c1ccc(OC(F)(F)F)cc1. The van der Waals surface area contributed by atoms with Crippen LogP contribution < -0.4 is 4.74 Å². The summed E-state index contributed by atoms with van der Waals surface area (Å²) in [6.45, 7) is 5.08. The number of nitrogens with zero attached hydrogens (tertiary/aromatic N) is 1. The highest BCUT2D eigenvalue weighted by Gasteiger charge is 2.31. The van der Waals surface area contributed by atoms with E-state index in [1.165, 1.54) is 34.9 Å². The van der Waals surface area contributed by atoms with Gasteiger partial charge in [0.1, 0.15) is 11.5 Å². The maximum Gasteiger partial charge on any atom is 0.573 e. The normalized spacial score (nSPS) is 11.7. The molecule has 0 saturated heterocycles. The quantitative estimate of drug-likeness (QED) is 0.586. The van der Waals surface area contributed by atoms with Gasteiger partial charge >= 0.3 is 12.3 Å². The minimum absolute atomic E-state index is 0.0378. The Balaban J connectivity index is 2.02. The van der Waals surface area contributed by atoms with Gasteiger partial charge in [-0.3, -0.25) is 14.2 Å². The zero-order valence-electron chi connectivity index (χ0n) is 17.0. The number of carbonyl (C=O) groups excluding carboxylic acids is 2. The Bertz CT molecular complexity index is 1130. The number of esters is 1. The second kappa shape index (κ2) is 8.33. The summed E-state index contributed by atoms with van der Waals surface area (Å²) in [6.07, 6.45) is -5.25. The highest BCUT2D eigenvalue weighted by molar-refractivity contribution is 6.05. The number of carbonyl (C=O) groups is 2. The maximum absolute atomic E-state index is 13.2. The highest BCUT2D eigenvalue weighted by atomic mass is 19.4. The Morgan fingerprint density at radius 3 is 2.32 bits per heavy atom. The molecule has 1 heterocycles. The molecular formula is C22H20F3NO5. The number of aromatic hydroxyl groups is 1. The number of phenols is 1. The van der Waals surface area contributed by atoms with E-state index in [9.17, 15) is 27.9 Å². The van der Waals surface area contributed by atoms with Crippen molar-refractivity contribution < 1.29 is 37.3 Å². The number of ether oxygens (including phenoxy) is 2. The largest absolute Gasteiger partial charge is 0.573 e. The second-order valence-corrected chi connectivity index (χ2v) is 7.19. The Morgan fingerprint density at radius 2 is 1.74 bits per heavy atom. The summed E-state index contributed by atoms with van der Waals surface area (Å²) in [5.74, 6) is -1.47. The third-order valence-corrected chi connectivity index (χ3v) is 4.54. The van der Waals surface area contributed by atoms with Gasteiger partial charge in [-0.1, -0.05) is 0 Å². The van der Waals surface area contributed by atoms with Crippen LogP contribution in [-0.2, 0) is 16.0 Å². The zero-order chi connectivity index (χ0) is 22.9. The van der Waals surface area contributed by atoms with Crippen LogP contribution in [-0.4, -0.2) is 34.0 Å². The first kappa shape index (κ1) is 22.2. The van der Waals surface area contributed by atoms with E-state index in [-0.39, 0.29) is 23.8 Å². The molecule has 9 heteroatoms. The molecule has 1 N–H and O–H groups in total. The lowest BCUT2D eigenvalue weighted by Gasteiger charge is -2.11. The average molecular weight is 435 g/mol. The smallest absolute Gasteiger partial charge is 0.508 e. The van der Waals surface area contributed by atoms with E-state index in [0.717, 1.165) is 12.1 Å². The molecule has 0 aliphatic heterocycles. The van der Waals surface area contributed by atoms with E-state index in [1.807, 2.05) is 0 Å². The summed E-state index contributed by atoms with van der Waals surface area (Å²) in [4.78, 5) is 25.4. The minimum Gasteiger partial charge on any atom is -0.508 e. The van der Waals surface area contributed by atoms with E-state index in [1.54, 1.807) is 20.8 Å². The summed E-state index contributed by atoms with van der Waals surface area (Å²) >= 11 is 0. The van der Waals surface area contributed by atoms with Crippen LogP contribution in [0.4, 0.5) is 13.2 Å². The maximum atomic E-state index is 13.2. The number of halogens is 3. The van der Waals surface area contributed by atoms with Gasteiger partial charge in [0.25, 0.3) is 5.91 Å². The van der Waals surface area contributed by atoms with Gasteiger partial charge in [-0.05, 0) is 68.8 Å². The molecule has 0 aliphatic rings. The van der Waals surface area contributed by atoms with Crippen molar-refractivity contribution in [1.29, 1.82) is 0 Å². The molecule has 6 nitrogen and oxygen atoms in total. The fourth-order valence-corrected chi connectivity index (χ4v) is 3.33. The Labute approximate surface area is 175 Å². The Hall–Kier alpha value is -3.49. The molecule has 0 bridgehead atoms. The number of hydrogen-bond donors (Lipinski definition) is 1. The van der Waals surface area contributed by atoms with Gasteiger partial charge in [-0.15, -0.1) is 13.2 Å². The van der Waals surface area contributed by atoms with Crippen LogP contribution >= 0.6 is 0 Å². The van der Waals surface area contributed by atoms with Gasteiger partial charge in [0.2, 0.25) is 0 Å². The fourth-order valence-electron chi connectivity index (χ4n) is 3.33. The summed E-state index contributed by atoms with van der Waals surface area (Å²) in [5.41, 5.74) is 1.55. The first-order valence-corrected chi connectivity index (χ1v) is 9.39. The molecule has 31 heavy (non-hydrogen) atoms. The van der Waals surface area contributed by atoms with Gasteiger partial charge in [0.15, 0.2) is 0 Å². The lowest BCUT2D eigenvalue weighted by molar-refractivity contribution is -0.274. The molecule has 3 rings (SSSR count). The van der Waals surface area contributed by atoms with Gasteiger partial charge in [-0.25, -0.2) is 0 Å².